The highest BCUT2D eigenvalue weighted by atomic mass is 19.1. The summed E-state index contributed by atoms with van der Waals surface area (Å²) in [7, 11) is 1.58. The van der Waals surface area contributed by atoms with Crippen molar-refractivity contribution in [3.05, 3.63) is 84.2 Å². The highest BCUT2D eigenvalue weighted by Gasteiger charge is 2.35. The Labute approximate surface area is 178 Å². The van der Waals surface area contributed by atoms with E-state index in [1.165, 1.54) is 12.1 Å². The van der Waals surface area contributed by atoms with Gasteiger partial charge in [0.25, 0.3) is 5.89 Å². The fourth-order valence-corrected chi connectivity index (χ4v) is 3.53. The Kier molecular flexibility index (Phi) is 5.53. The van der Waals surface area contributed by atoms with Crippen LogP contribution < -0.4 is 10.1 Å². The second-order valence-corrected chi connectivity index (χ2v) is 6.99. The van der Waals surface area contributed by atoms with Gasteiger partial charge in [-0.05, 0) is 48.9 Å². The molecule has 2 amide bonds. The van der Waals surface area contributed by atoms with Gasteiger partial charge in [-0.3, -0.25) is 4.90 Å². The predicted molar refractivity (Wildman–Crippen MR) is 113 cm³/mol. The molecule has 1 aromatic heterocycles. The molecule has 1 atom stereocenters. The number of halogens is 1. The van der Waals surface area contributed by atoms with Crippen molar-refractivity contribution in [3.63, 3.8) is 0 Å². The van der Waals surface area contributed by atoms with Crippen LogP contribution >= 0.6 is 0 Å². The molecular weight excluding hydrogens is 399 g/mol. The molecule has 1 unspecified atom stereocenters. The summed E-state index contributed by atoms with van der Waals surface area (Å²) in [4.78, 5) is 18.9. The van der Waals surface area contributed by atoms with E-state index in [1.54, 1.807) is 30.2 Å². The molecule has 158 valence electrons. The fraction of sp³-hybridized carbons (Fsp3) is 0.174. The number of nitrogens with zero attached hydrogens (tertiary/aromatic N) is 3. The van der Waals surface area contributed by atoms with Gasteiger partial charge in [-0.2, -0.15) is 4.98 Å². The monoisotopic (exact) mass is 420 g/mol. The number of aromatic nitrogens is 2. The number of hydrogen-bond donors (Lipinski definition) is 1. The number of urea groups is 1. The maximum atomic E-state index is 13.3. The lowest BCUT2D eigenvalue weighted by Crippen LogP contribution is -2.46. The molecule has 2 heterocycles. The Bertz CT molecular complexity index is 1150. The zero-order chi connectivity index (χ0) is 22.0. The van der Waals surface area contributed by atoms with Crippen molar-refractivity contribution in [2.45, 2.75) is 13.0 Å². The predicted octanol–water partition coefficient (Wildman–Crippen LogP) is 4.57. The molecule has 1 aliphatic rings. The van der Waals surface area contributed by atoms with Crippen LogP contribution in [-0.4, -0.2) is 34.7 Å². The fourth-order valence-electron chi connectivity index (χ4n) is 3.53. The molecule has 2 aromatic carbocycles. The Morgan fingerprint density at radius 1 is 1.29 bits per heavy atom. The summed E-state index contributed by atoms with van der Waals surface area (Å²) in [5.41, 5.74) is 2.76. The van der Waals surface area contributed by atoms with Gasteiger partial charge in [0.05, 0.1) is 18.7 Å². The van der Waals surface area contributed by atoms with Crippen molar-refractivity contribution in [2.24, 2.45) is 0 Å². The standard InChI is InChI=1S/C23H21FN4O3/c1-4-12-28-14(2)19(20(25-23(28)29)16-6-5-7-18(13-16)30-3)22-26-21(27-31-22)15-8-10-17(24)11-9-15/h4-11,13,20H,1,12H2,2-3H3,(H,25,29). The summed E-state index contributed by atoms with van der Waals surface area (Å²) in [5, 5.41) is 7.06. The first-order valence-electron chi connectivity index (χ1n) is 9.65. The van der Waals surface area contributed by atoms with Crippen LogP contribution in [0.4, 0.5) is 9.18 Å². The molecule has 0 spiro atoms. The van der Waals surface area contributed by atoms with E-state index in [1.807, 2.05) is 31.2 Å². The second-order valence-electron chi connectivity index (χ2n) is 6.99. The first-order valence-corrected chi connectivity index (χ1v) is 9.65. The largest absolute Gasteiger partial charge is 0.497 e. The summed E-state index contributed by atoms with van der Waals surface area (Å²) < 4.78 is 24.2. The summed E-state index contributed by atoms with van der Waals surface area (Å²) in [6, 6.07) is 12.5. The number of allylic oxidation sites excluding steroid dienone is 1. The normalized spacial score (nSPS) is 16.3. The Morgan fingerprint density at radius 3 is 2.77 bits per heavy atom. The number of benzene rings is 2. The molecule has 4 rings (SSSR count). The van der Waals surface area contributed by atoms with Gasteiger partial charge in [-0.25, -0.2) is 9.18 Å². The molecule has 7 nitrogen and oxygen atoms in total. The lowest BCUT2D eigenvalue weighted by Gasteiger charge is -2.34. The van der Waals surface area contributed by atoms with Crippen molar-refractivity contribution in [3.8, 4) is 17.1 Å². The van der Waals surface area contributed by atoms with Crippen molar-refractivity contribution in [1.82, 2.24) is 20.4 Å². The Balaban J connectivity index is 1.82. The zero-order valence-corrected chi connectivity index (χ0v) is 17.1. The van der Waals surface area contributed by atoms with E-state index in [2.05, 4.69) is 22.0 Å². The molecule has 0 aliphatic carbocycles. The minimum atomic E-state index is -0.523. The minimum absolute atomic E-state index is 0.257. The van der Waals surface area contributed by atoms with Gasteiger partial charge in [-0.15, -0.1) is 6.58 Å². The number of hydrogen-bond acceptors (Lipinski definition) is 5. The second kappa shape index (κ2) is 8.43. The van der Waals surface area contributed by atoms with Crippen LogP contribution in [0, 0.1) is 5.82 Å². The number of carbonyl (C=O) groups excluding carboxylic acids is 1. The number of methoxy groups -OCH3 is 1. The molecule has 1 N–H and O–H groups in total. The van der Waals surface area contributed by atoms with Crippen LogP contribution in [0.15, 0.2) is 71.4 Å². The van der Waals surface area contributed by atoms with Crippen molar-refractivity contribution >= 4 is 11.6 Å². The quantitative estimate of drug-likeness (QED) is 0.591. The van der Waals surface area contributed by atoms with Crippen LogP contribution in [0.3, 0.4) is 0 Å². The van der Waals surface area contributed by atoms with Gasteiger partial charge in [0.1, 0.15) is 11.6 Å². The third-order valence-corrected chi connectivity index (χ3v) is 5.09. The Morgan fingerprint density at radius 2 is 2.06 bits per heavy atom. The molecule has 0 bridgehead atoms. The molecular formula is C23H21FN4O3. The smallest absolute Gasteiger partial charge is 0.322 e. The van der Waals surface area contributed by atoms with Gasteiger partial charge in [0.15, 0.2) is 0 Å². The van der Waals surface area contributed by atoms with Crippen LogP contribution in [0.2, 0.25) is 0 Å². The number of carbonyl (C=O) groups is 1. The van der Waals surface area contributed by atoms with E-state index in [0.717, 1.165) is 5.56 Å². The molecule has 0 radical (unpaired) electrons. The van der Waals surface area contributed by atoms with Crippen molar-refractivity contribution < 1.29 is 18.4 Å². The summed E-state index contributed by atoms with van der Waals surface area (Å²) in [5.74, 6) is 0.902. The molecule has 3 aromatic rings. The average molecular weight is 420 g/mol. The molecule has 0 saturated carbocycles. The van der Waals surface area contributed by atoms with Gasteiger partial charge < -0.3 is 14.6 Å². The van der Waals surface area contributed by atoms with E-state index >= 15 is 0 Å². The van der Waals surface area contributed by atoms with E-state index in [0.29, 0.717) is 35.0 Å². The van der Waals surface area contributed by atoms with E-state index in [4.69, 9.17) is 9.26 Å². The topological polar surface area (TPSA) is 80.5 Å². The van der Waals surface area contributed by atoms with Gasteiger partial charge in [-0.1, -0.05) is 23.4 Å². The molecule has 1 aliphatic heterocycles. The summed E-state index contributed by atoms with van der Waals surface area (Å²) in [6.07, 6.45) is 1.64. The van der Waals surface area contributed by atoms with Crippen molar-refractivity contribution in [1.29, 1.82) is 0 Å². The highest BCUT2D eigenvalue weighted by Crippen LogP contribution is 2.38. The molecule has 31 heavy (non-hydrogen) atoms. The third kappa shape index (κ3) is 3.92. The number of amides is 2. The lowest BCUT2D eigenvalue weighted by molar-refractivity contribution is 0.209. The summed E-state index contributed by atoms with van der Waals surface area (Å²) >= 11 is 0. The first kappa shape index (κ1) is 20.3. The van der Waals surface area contributed by atoms with Gasteiger partial charge in [0, 0.05) is 17.8 Å². The van der Waals surface area contributed by atoms with Crippen LogP contribution in [0.5, 0.6) is 5.75 Å². The molecule has 0 saturated heterocycles. The van der Waals surface area contributed by atoms with E-state index in [-0.39, 0.29) is 17.7 Å². The van der Waals surface area contributed by atoms with Crippen LogP contribution in [0.25, 0.3) is 17.0 Å². The first-order chi connectivity index (χ1) is 15.0. The minimum Gasteiger partial charge on any atom is -0.497 e. The van der Waals surface area contributed by atoms with E-state index in [9.17, 15) is 9.18 Å². The maximum absolute atomic E-state index is 13.3. The van der Waals surface area contributed by atoms with Crippen LogP contribution in [0.1, 0.15) is 24.4 Å². The number of rotatable bonds is 6. The lowest BCUT2D eigenvalue weighted by atomic mass is 9.94. The average Bonchev–Trinajstić information content (AvgIpc) is 3.26. The zero-order valence-electron chi connectivity index (χ0n) is 17.1. The maximum Gasteiger partial charge on any atom is 0.322 e. The summed E-state index contributed by atoms with van der Waals surface area (Å²) in [6.45, 7) is 5.88. The van der Waals surface area contributed by atoms with Crippen molar-refractivity contribution in [2.75, 3.05) is 13.7 Å². The molecule has 8 heteroatoms. The number of ether oxygens (including phenoxy) is 1. The van der Waals surface area contributed by atoms with Crippen LogP contribution in [-0.2, 0) is 0 Å². The number of nitrogens with one attached hydrogen (secondary N) is 1. The molecule has 0 fully saturated rings. The Hall–Kier alpha value is -3.94. The van der Waals surface area contributed by atoms with E-state index < -0.39 is 6.04 Å². The SMILES string of the molecule is C=CCN1C(=O)NC(c2cccc(OC)c2)C(c2nc(-c3ccc(F)cc3)no2)=C1C. The van der Waals surface area contributed by atoms with Gasteiger partial charge in [0.2, 0.25) is 5.82 Å². The van der Waals surface area contributed by atoms with Gasteiger partial charge >= 0.3 is 6.03 Å². The third-order valence-electron chi connectivity index (χ3n) is 5.09. The highest BCUT2D eigenvalue weighted by molar-refractivity contribution is 5.87.